The fourth-order valence-corrected chi connectivity index (χ4v) is 2.27. The molecule has 0 amide bonds. The lowest BCUT2D eigenvalue weighted by Gasteiger charge is -2.32. The average molecular weight is 280 g/mol. The maximum absolute atomic E-state index is 5.97. The Morgan fingerprint density at radius 1 is 1.25 bits per heavy atom. The molecule has 114 valence electrons. The van der Waals surface area contributed by atoms with Gasteiger partial charge in [0.1, 0.15) is 5.75 Å². The van der Waals surface area contributed by atoms with Gasteiger partial charge in [0.05, 0.1) is 12.7 Å². The number of ether oxygens (including phenoxy) is 2. The largest absolute Gasteiger partial charge is 0.491 e. The topological polar surface area (TPSA) is 47.7 Å². The van der Waals surface area contributed by atoms with E-state index < -0.39 is 0 Å². The van der Waals surface area contributed by atoms with E-state index in [1.165, 1.54) is 5.56 Å². The third-order valence-electron chi connectivity index (χ3n) is 3.43. The predicted molar refractivity (Wildman–Crippen MR) is 83.1 cm³/mol. The molecule has 0 heterocycles. The van der Waals surface area contributed by atoms with Gasteiger partial charge in [-0.1, -0.05) is 12.1 Å². The number of rotatable bonds is 8. The summed E-state index contributed by atoms with van der Waals surface area (Å²) in [5, 5.41) is 0. The van der Waals surface area contributed by atoms with Gasteiger partial charge in [-0.15, -0.1) is 0 Å². The lowest BCUT2D eigenvalue weighted by Crippen LogP contribution is -2.39. The van der Waals surface area contributed by atoms with Gasteiger partial charge in [-0.2, -0.15) is 0 Å². The van der Waals surface area contributed by atoms with E-state index in [2.05, 4.69) is 31.0 Å². The van der Waals surface area contributed by atoms with Crippen LogP contribution in [-0.4, -0.2) is 44.4 Å². The normalized spacial score (nSPS) is 14.6. The van der Waals surface area contributed by atoms with Gasteiger partial charge in [0.25, 0.3) is 0 Å². The number of benzene rings is 1. The molecule has 4 nitrogen and oxygen atoms in total. The highest BCUT2D eigenvalue weighted by atomic mass is 16.5. The summed E-state index contributed by atoms with van der Waals surface area (Å²) in [6, 6.07) is 8.65. The zero-order chi connectivity index (χ0) is 15.1. The van der Waals surface area contributed by atoms with Crippen molar-refractivity contribution in [3.05, 3.63) is 29.8 Å². The number of hydrogen-bond acceptors (Lipinski definition) is 4. The molecule has 0 fully saturated rings. The standard InChI is InChI=1S/C16H28N2O2/c1-12(2)20-15-8-6-7-14(9-15)16(10-17)18(4)13(3)11-19-5/h6-9,12-13,16H,10-11,17H2,1-5H3. The quantitative estimate of drug-likeness (QED) is 0.794. The molecule has 0 aromatic heterocycles. The first-order chi connectivity index (χ1) is 9.49. The van der Waals surface area contributed by atoms with Crippen molar-refractivity contribution in [1.82, 2.24) is 4.90 Å². The summed E-state index contributed by atoms with van der Waals surface area (Å²) in [6.45, 7) is 7.45. The molecule has 2 unspecified atom stereocenters. The molecular weight excluding hydrogens is 252 g/mol. The molecule has 0 spiro atoms. The molecule has 0 radical (unpaired) electrons. The molecule has 20 heavy (non-hydrogen) atoms. The molecule has 4 heteroatoms. The van der Waals surface area contributed by atoms with Crippen molar-refractivity contribution in [2.24, 2.45) is 5.73 Å². The third kappa shape index (κ3) is 4.78. The van der Waals surface area contributed by atoms with Crippen molar-refractivity contribution in [2.75, 3.05) is 27.3 Å². The van der Waals surface area contributed by atoms with Gasteiger partial charge in [0.2, 0.25) is 0 Å². The Morgan fingerprint density at radius 3 is 2.50 bits per heavy atom. The Morgan fingerprint density at radius 2 is 1.95 bits per heavy atom. The monoisotopic (exact) mass is 280 g/mol. The molecule has 1 aromatic carbocycles. The summed E-state index contributed by atoms with van der Waals surface area (Å²) in [4.78, 5) is 2.25. The zero-order valence-electron chi connectivity index (χ0n) is 13.3. The molecule has 0 saturated heterocycles. The van der Waals surface area contributed by atoms with Crippen LogP contribution in [0.4, 0.5) is 0 Å². The summed E-state index contributed by atoms with van der Waals surface area (Å²) in [6.07, 6.45) is 0.173. The van der Waals surface area contributed by atoms with Gasteiger partial charge in [0, 0.05) is 25.7 Å². The number of nitrogens with zero attached hydrogens (tertiary/aromatic N) is 1. The van der Waals surface area contributed by atoms with Gasteiger partial charge >= 0.3 is 0 Å². The second-order valence-electron chi connectivity index (χ2n) is 5.46. The molecule has 0 aliphatic carbocycles. The minimum Gasteiger partial charge on any atom is -0.491 e. The Hall–Kier alpha value is -1.10. The van der Waals surface area contributed by atoms with Crippen molar-refractivity contribution in [3.63, 3.8) is 0 Å². The number of likely N-dealkylation sites (N-methyl/N-ethyl adjacent to an activating group) is 1. The lowest BCUT2D eigenvalue weighted by atomic mass is 10.0. The summed E-state index contributed by atoms with van der Waals surface area (Å²) in [5.41, 5.74) is 7.14. The highest BCUT2D eigenvalue weighted by molar-refractivity contribution is 5.31. The maximum Gasteiger partial charge on any atom is 0.120 e. The predicted octanol–water partition coefficient (Wildman–Crippen LogP) is 2.44. The van der Waals surface area contributed by atoms with Gasteiger partial charge < -0.3 is 15.2 Å². The van der Waals surface area contributed by atoms with Crippen LogP contribution in [0.1, 0.15) is 32.4 Å². The highest BCUT2D eigenvalue weighted by Gasteiger charge is 2.20. The SMILES string of the molecule is COCC(C)N(C)C(CN)c1cccc(OC(C)C)c1. The molecule has 0 aliphatic heterocycles. The average Bonchev–Trinajstić information content (AvgIpc) is 2.39. The molecule has 0 saturated carbocycles. The van der Waals surface area contributed by atoms with E-state index in [4.69, 9.17) is 15.2 Å². The van der Waals surface area contributed by atoms with Crippen LogP contribution in [0, 0.1) is 0 Å². The molecule has 1 rings (SSSR count). The van der Waals surface area contributed by atoms with E-state index in [1.54, 1.807) is 7.11 Å². The fraction of sp³-hybridized carbons (Fsp3) is 0.625. The highest BCUT2D eigenvalue weighted by Crippen LogP contribution is 2.24. The number of hydrogen-bond donors (Lipinski definition) is 1. The van der Waals surface area contributed by atoms with Gasteiger partial charge in [-0.05, 0) is 45.5 Å². The van der Waals surface area contributed by atoms with Gasteiger partial charge in [-0.3, -0.25) is 4.90 Å². The second-order valence-corrected chi connectivity index (χ2v) is 5.46. The maximum atomic E-state index is 5.97. The smallest absolute Gasteiger partial charge is 0.120 e. The first-order valence-electron chi connectivity index (χ1n) is 7.17. The summed E-state index contributed by atoms with van der Waals surface area (Å²) >= 11 is 0. The molecule has 2 atom stereocenters. The fourth-order valence-electron chi connectivity index (χ4n) is 2.27. The first kappa shape index (κ1) is 17.0. The molecule has 2 N–H and O–H groups in total. The Labute approximate surface area is 122 Å². The van der Waals surface area contributed by atoms with Crippen LogP contribution in [0.15, 0.2) is 24.3 Å². The van der Waals surface area contributed by atoms with Crippen LogP contribution in [0.5, 0.6) is 5.75 Å². The summed E-state index contributed by atoms with van der Waals surface area (Å²) < 4.78 is 11.0. The zero-order valence-corrected chi connectivity index (χ0v) is 13.3. The van der Waals surface area contributed by atoms with Gasteiger partial charge in [0.15, 0.2) is 0 Å². The van der Waals surface area contributed by atoms with E-state index in [-0.39, 0.29) is 12.1 Å². The van der Waals surface area contributed by atoms with E-state index in [0.29, 0.717) is 19.2 Å². The Bertz CT molecular complexity index is 396. The number of nitrogens with two attached hydrogens (primary N) is 1. The molecule has 1 aromatic rings. The molecule has 0 bridgehead atoms. The van der Waals surface area contributed by atoms with Gasteiger partial charge in [-0.25, -0.2) is 0 Å². The minimum atomic E-state index is 0.163. The van der Waals surface area contributed by atoms with E-state index in [9.17, 15) is 0 Å². The lowest BCUT2D eigenvalue weighted by molar-refractivity contribution is 0.0909. The minimum absolute atomic E-state index is 0.163. The van der Waals surface area contributed by atoms with Crippen LogP contribution in [0.25, 0.3) is 0 Å². The van der Waals surface area contributed by atoms with Crippen LogP contribution in [0.2, 0.25) is 0 Å². The molecular formula is C16H28N2O2. The molecule has 0 aliphatic rings. The van der Waals surface area contributed by atoms with E-state index in [0.717, 1.165) is 5.75 Å². The number of methoxy groups -OCH3 is 1. The first-order valence-corrected chi connectivity index (χ1v) is 7.17. The summed E-state index contributed by atoms with van der Waals surface area (Å²) in [7, 11) is 3.80. The van der Waals surface area contributed by atoms with Crippen molar-refractivity contribution in [1.29, 1.82) is 0 Å². The van der Waals surface area contributed by atoms with Crippen LogP contribution in [0.3, 0.4) is 0 Å². The Kier molecular flexibility index (Phi) is 6.99. The van der Waals surface area contributed by atoms with Crippen molar-refractivity contribution in [2.45, 2.75) is 39.0 Å². The summed E-state index contributed by atoms with van der Waals surface area (Å²) in [5.74, 6) is 0.892. The third-order valence-corrected chi connectivity index (χ3v) is 3.43. The van der Waals surface area contributed by atoms with Crippen LogP contribution < -0.4 is 10.5 Å². The van der Waals surface area contributed by atoms with Crippen molar-refractivity contribution in [3.8, 4) is 5.75 Å². The van der Waals surface area contributed by atoms with Crippen LogP contribution in [-0.2, 0) is 4.74 Å². The Balaban J connectivity index is 2.88. The van der Waals surface area contributed by atoms with Crippen molar-refractivity contribution < 1.29 is 9.47 Å². The van der Waals surface area contributed by atoms with Crippen LogP contribution >= 0.6 is 0 Å². The second kappa shape index (κ2) is 8.25. The van der Waals surface area contributed by atoms with Crippen molar-refractivity contribution >= 4 is 0 Å². The van der Waals surface area contributed by atoms with E-state index >= 15 is 0 Å². The van der Waals surface area contributed by atoms with E-state index in [1.807, 2.05) is 26.0 Å².